The molecule has 0 bridgehead atoms. The Morgan fingerprint density at radius 3 is 2.48 bits per heavy atom. The molecule has 1 fully saturated rings. The van der Waals surface area contributed by atoms with Gasteiger partial charge < -0.3 is 5.21 Å². The van der Waals surface area contributed by atoms with Gasteiger partial charge in [0, 0.05) is 10.6 Å². The Labute approximate surface area is 162 Å². The average molecular weight is 391 g/mol. The highest BCUT2D eigenvalue weighted by Gasteiger charge is 2.50. The van der Waals surface area contributed by atoms with Crippen molar-refractivity contribution in [2.24, 2.45) is 0 Å². The quantitative estimate of drug-likeness (QED) is 0.244. The third-order valence-corrected chi connectivity index (χ3v) is 5.97. The van der Waals surface area contributed by atoms with Gasteiger partial charge in [-0.15, -0.1) is 0 Å². The maximum Gasteiger partial charge on any atom is 0.254 e. The van der Waals surface area contributed by atoms with Crippen molar-refractivity contribution in [2.75, 3.05) is 0 Å². The summed E-state index contributed by atoms with van der Waals surface area (Å²) in [5.74, 6) is 0. The summed E-state index contributed by atoms with van der Waals surface area (Å²) in [6.07, 6.45) is 1.23. The fraction of sp³-hybridized carbons (Fsp3) is 0.263. The Bertz CT molecular complexity index is 791. The van der Waals surface area contributed by atoms with Crippen LogP contribution in [0.1, 0.15) is 25.0 Å². The van der Waals surface area contributed by atoms with E-state index in [1.807, 2.05) is 47.4 Å². The molecule has 130 valence electrons. The molecular weight excluding hydrogens is 372 g/mol. The normalized spacial score (nSPS) is 20.1. The van der Waals surface area contributed by atoms with Gasteiger partial charge in [0.1, 0.15) is 9.07 Å². The summed E-state index contributed by atoms with van der Waals surface area (Å²) in [5, 5.41) is 13.6. The number of thioether (sulfide) groups is 1. The Balaban J connectivity index is 1.91. The number of halogens is 1. The van der Waals surface area contributed by atoms with Gasteiger partial charge in [-0.05, 0) is 43.7 Å². The van der Waals surface area contributed by atoms with Gasteiger partial charge in [0.2, 0.25) is 0 Å². The lowest BCUT2D eigenvalue weighted by Gasteiger charge is -2.29. The summed E-state index contributed by atoms with van der Waals surface area (Å²) in [7, 11) is 0. The SMILES string of the molecule is CC1(C)SC(=S)N(Cc2ccccc2)C1[N+]([O-])=Cc1ccc(Cl)cc1. The minimum atomic E-state index is -0.374. The fourth-order valence-electron chi connectivity index (χ4n) is 2.95. The number of thiocarbonyl (C=S) groups is 1. The van der Waals surface area contributed by atoms with Crippen LogP contribution in [0.2, 0.25) is 5.02 Å². The number of hydrogen-bond donors (Lipinski definition) is 0. The van der Waals surface area contributed by atoms with Crippen LogP contribution >= 0.6 is 35.6 Å². The third-order valence-electron chi connectivity index (χ3n) is 4.09. The minimum Gasteiger partial charge on any atom is -0.622 e. The van der Waals surface area contributed by atoms with Crippen molar-refractivity contribution in [2.45, 2.75) is 31.3 Å². The standard InChI is InChI=1S/C19H19ClN2OS2/c1-19(2)17(22(23)13-15-8-10-16(20)11-9-15)21(18(24)25-19)12-14-6-4-3-5-7-14/h3-11,13,17H,12H2,1-2H3. The van der Waals surface area contributed by atoms with E-state index in [1.54, 1.807) is 30.1 Å². The van der Waals surface area contributed by atoms with E-state index in [4.69, 9.17) is 23.8 Å². The van der Waals surface area contributed by atoms with Crippen molar-refractivity contribution < 1.29 is 4.74 Å². The van der Waals surface area contributed by atoms with Crippen molar-refractivity contribution in [3.8, 4) is 0 Å². The second-order valence-corrected chi connectivity index (χ2v) is 9.22. The zero-order valence-electron chi connectivity index (χ0n) is 14.1. The van der Waals surface area contributed by atoms with Gasteiger partial charge in [0.25, 0.3) is 6.17 Å². The van der Waals surface area contributed by atoms with Gasteiger partial charge in [-0.1, -0.05) is 65.9 Å². The van der Waals surface area contributed by atoms with Crippen molar-refractivity contribution in [1.82, 2.24) is 4.90 Å². The smallest absolute Gasteiger partial charge is 0.254 e. The largest absolute Gasteiger partial charge is 0.622 e. The van der Waals surface area contributed by atoms with Crippen molar-refractivity contribution in [3.63, 3.8) is 0 Å². The van der Waals surface area contributed by atoms with Crippen LogP contribution in [0, 0.1) is 5.21 Å². The van der Waals surface area contributed by atoms with Crippen LogP contribution in [0.5, 0.6) is 0 Å². The molecule has 1 heterocycles. The van der Waals surface area contributed by atoms with E-state index in [-0.39, 0.29) is 10.9 Å². The van der Waals surface area contributed by atoms with Crippen LogP contribution in [0.3, 0.4) is 0 Å². The molecule has 0 aliphatic carbocycles. The molecule has 6 heteroatoms. The molecule has 2 aromatic carbocycles. The molecule has 3 rings (SSSR count). The molecule has 0 radical (unpaired) electrons. The molecule has 1 atom stereocenters. The van der Waals surface area contributed by atoms with Crippen molar-refractivity contribution in [1.29, 1.82) is 0 Å². The van der Waals surface area contributed by atoms with Crippen LogP contribution < -0.4 is 0 Å². The van der Waals surface area contributed by atoms with Gasteiger partial charge in [-0.2, -0.15) is 4.74 Å². The first-order chi connectivity index (χ1) is 11.9. The van der Waals surface area contributed by atoms with Crippen molar-refractivity contribution in [3.05, 3.63) is 76.0 Å². The second kappa shape index (κ2) is 7.36. The summed E-state index contributed by atoms with van der Waals surface area (Å²) in [6.45, 7) is 4.73. The molecular formula is C19H19ClN2OS2. The van der Waals surface area contributed by atoms with Gasteiger partial charge in [-0.3, -0.25) is 4.90 Å². The lowest BCUT2D eigenvalue weighted by molar-refractivity contribution is -0.524. The summed E-state index contributed by atoms with van der Waals surface area (Å²) in [4.78, 5) is 2.01. The molecule has 0 N–H and O–H groups in total. The van der Waals surface area contributed by atoms with E-state index in [1.165, 1.54) is 0 Å². The third kappa shape index (κ3) is 4.17. The number of hydrogen-bond acceptors (Lipinski definition) is 3. The number of rotatable bonds is 4. The molecule has 1 aliphatic rings. The number of nitrogens with zero attached hydrogens (tertiary/aromatic N) is 2. The zero-order valence-corrected chi connectivity index (χ0v) is 16.4. The van der Waals surface area contributed by atoms with E-state index >= 15 is 0 Å². The van der Waals surface area contributed by atoms with E-state index in [0.29, 0.717) is 11.6 Å². The molecule has 0 spiro atoms. The monoisotopic (exact) mass is 390 g/mol. The van der Waals surface area contributed by atoms with Crippen LogP contribution in [-0.4, -0.2) is 31.1 Å². The average Bonchev–Trinajstić information content (AvgIpc) is 2.79. The highest BCUT2D eigenvalue weighted by atomic mass is 35.5. The second-order valence-electron chi connectivity index (χ2n) is 6.50. The predicted octanol–water partition coefficient (Wildman–Crippen LogP) is 4.91. The summed E-state index contributed by atoms with van der Waals surface area (Å²) in [6, 6.07) is 17.3. The van der Waals surface area contributed by atoms with Gasteiger partial charge in [0.15, 0.2) is 6.21 Å². The van der Waals surface area contributed by atoms with E-state index in [9.17, 15) is 5.21 Å². The Morgan fingerprint density at radius 1 is 1.20 bits per heavy atom. The summed E-state index contributed by atoms with van der Waals surface area (Å²) in [5.41, 5.74) is 1.95. The Hall–Kier alpha value is -1.56. The highest BCUT2D eigenvalue weighted by Crippen LogP contribution is 2.42. The lowest BCUT2D eigenvalue weighted by Crippen LogP contribution is -2.47. The first-order valence-corrected chi connectivity index (χ1v) is 9.56. The fourth-order valence-corrected chi connectivity index (χ4v) is 4.96. The maximum atomic E-state index is 13.0. The number of benzene rings is 2. The maximum absolute atomic E-state index is 13.0. The van der Waals surface area contributed by atoms with E-state index in [0.717, 1.165) is 20.2 Å². The van der Waals surface area contributed by atoms with Gasteiger partial charge in [-0.25, -0.2) is 0 Å². The van der Waals surface area contributed by atoms with E-state index < -0.39 is 0 Å². The lowest BCUT2D eigenvalue weighted by atomic mass is 10.1. The van der Waals surface area contributed by atoms with Crippen LogP contribution in [0.4, 0.5) is 0 Å². The van der Waals surface area contributed by atoms with Crippen LogP contribution in [0.15, 0.2) is 54.6 Å². The predicted molar refractivity (Wildman–Crippen MR) is 110 cm³/mol. The molecule has 2 aromatic rings. The van der Waals surface area contributed by atoms with Gasteiger partial charge in [0.05, 0.1) is 6.54 Å². The minimum absolute atomic E-state index is 0.309. The molecule has 0 amide bonds. The highest BCUT2D eigenvalue weighted by molar-refractivity contribution is 8.24. The van der Waals surface area contributed by atoms with E-state index in [2.05, 4.69) is 13.8 Å². The summed E-state index contributed by atoms with van der Waals surface area (Å²) < 4.78 is 1.46. The Morgan fingerprint density at radius 2 is 1.84 bits per heavy atom. The molecule has 1 unspecified atom stereocenters. The first kappa shape index (κ1) is 18.2. The van der Waals surface area contributed by atoms with Crippen molar-refractivity contribution >= 4 is 46.1 Å². The molecule has 1 aliphatic heterocycles. The molecule has 0 aromatic heterocycles. The molecule has 1 saturated heterocycles. The zero-order chi connectivity index (χ0) is 18.0. The summed E-state index contributed by atoms with van der Waals surface area (Å²) >= 11 is 13.1. The van der Waals surface area contributed by atoms with Gasteiger partial charge >= 0.3 is 0 Å². The first-order valence-electron chi connectivity index (χ1n) is 7.96. The topological polar surface area (TPSA) is 29.3 Å². The van der Waals surface area contributed by atoms with Crippen LogP contribution in [-0.2, 0) is 6.54 Å². The molecule has 25 heavy (non-hydrogen) atoms. The Kier molecular flexibility index (Phi) is 5.37. The molecule has 0 saturated carbocycles. The number of hydroxylamine groups is 1. The van der Waals surface area contributed by atoms with Crippen LogP contribution in [0.25, 0.3) is 0 Å². The molecule has 3 nitrogen and oxygen atoms in total.